The molecular formula is C11H10BrNO5. The van der Waals surface area contributed by atoms with Gasteiger partial charge in [0.05, 0.1) is 11.5 Å². The van der Waals surface area contributed by atoms with Crippen molar-refractivity contribution in [1.29, 1.82) is 0 Å². The summed E-state index contributed by atoms with van der Waals surface area (Å²) in [5.41, 5.74) is -0.110. The topological polar surface area (TPSA) is 86.5 Å². The number of rotatable bonds is 5. The Hall–Kier alpha value is -1.76. The first kappa shape index (κ1) is 14.3. The van der Waals surface area contributed by atoms with E-state index in [1.54, 1.807) is 6.92 Å². The first-order chi connectivity index (χ1) is 8.43. The van der Waals surface area contributed by atoms with Gasteiger partial charge >= 0.3 is 5.97 Å². The number of hydrogen-bond acceptors (Lipinski definition) is 5. The molecule has 0 heterocycles. The van der Waals surface area contributed by atoms with Gasteiger partial charge in [0, 0.05) is 22.2 Å². The van der Waals surface area contributed by atoms with Crippen LogP contribution in [0.2, 0.25) is 0 Å². The van der Waals surface area contributed by atoms with E-state index in [2.05, 4.69) is 20.7 Å². The molecule has 6 nitrogen and oxygen atoms in total. The fourth-order valence-corrected chi connectivity index (χ4v) is 1.77. The standard InChI is InChI=1S/C11H10BrNO5/c1-2-18-11(15)6-10(14)7-3-8(12)5-9(4-7)13(16)17/h3-5H,2,6H2,1H3. The maximum absolute atomic E-state index is 11.7. The fourth-order valence-electron chi connectivity index (χ4n) is 1.29. The van der Waals surface area contributed by atoms with Crippen LogP contribution >= 0.6 is 15.9 Å². The number of halogens is 1. The molecule has 0 saturated heterocycles. The maximum atomic E-state index is 11.7. The second kappa shape index (κ2) is 6.25. The van der Waals surface area contributed by atoms with Crippen molar-refractivity contribution in [2.75, 3.05) is 6.61 Å². The van der Waals surface area contributed by atoms with Gasteiger partial charge in [0.2, 0.25) is 0 Å². The van der Waals surface area contributed by atoms with Gasteiger partial charge in [-0.15, -0.1) is 0 Å². The van der Waals surface area contributed by atoms with E-state index >= 15 is 0 Å². The van der Waals surface area contributed by atoms with E-state index in [4.69, 9.17) is 0 Å². The largest absolute Gasteiger partial charge is 0.466 e. The average molecular weight is 316 g/mol. The zero-order chi connectivity index (χ0) is 13.7. The van der Waals surface area contributed by atoms with Crippen molar-refractivity contribution >= 4 is 33.4 Å². The van der Waals surface area contributed by atoms with Crippen LogP contribution in [-0.2, 0) is 9.53 Å². The highest BCUT2D eigenvalue weighted by molar-refractivity contribution is 9.10. The maximum Gasteiger partial charge on any atom is 0.313 e. The van der Waals surface area contributed by atoms with E-state index in [1.165, 1.54) is 12.1 Å². The molecule has 0 saturated carbocycles. The van der Waals surface area contributed by atoms with Crippen LogP contribution in [0.15, 0.2) is 22.7 Å². The third-order valence-electron chi connectivity index (χ3n) is 2.03. The molecule has 0 aliphatic rings. The summed E-state index contributed by atoms with van der Waals surface area (Å²) in [6.45, 7) is 1.82. The number of nitrogens with zero attached hydrogens (tertiary/aromatic N) is 1. The van der Waals surface area contributed by atoms with E-state index in [9.17, 15) is 19.7 Å². The third-order valence-corrected chi connectivity index (χ3v) is 2.48. The number of non-ortho nitro benzene ring substituents is 1. The number of ketones is 1. The first-order valence-electron chi connectivity index (χ1n) is 5.08. The van der Waals surface area contributed by atoms with E-state index in [1.807, 2.05) is 0 Å². The van der Waals surface area contributed by atoms with Crippen molar-refractivity contribution in [3.8, 4) is 0 Å². The Labute approximate surface area is 111 Å². The Morgan fingerprint density at radius 2 is 2.06 bits per heavy atom. The molecule has 0 N–H and O–H groups in total. The lowest BCUT2D eigenvalue weighted by molar-refractivity contribution is -0.385. The van der Waals surface area contributed by atoms with Crippen LogP contribution in [0, 0.1) is 10.1 Å². The van der Waals surface area contributed by atoms with Crippen LogP contribution in [0.1, 0.15) is 23.7 Å². The van der Waals surface area contributed by atoms with Gasteiger partial charge in [0.25, 0.3) is 5.69 Å². The number of ether oxygens (including phenoxy) is 1. The van der Waals surface area contributed by atoms with Crippen LogP contribution in [0.25, 0.3) is 0 Å². The molecule has 0 aromatic heterocycles. The third kappa shape index (κ3) is 3.92. The highest BCUT2D eigenvalue weighted by atomic mass is 79.9. The Kier molecular flexibility index (Phi) is 4.96. The predicted octanol–water partition coefficient (Wildman–Crippen LogP) is 2.49. The molecule has 1 aromatic carbocycles. The lowest BCUT2D eigenvalue weighted by Gasteiger charge is -2.02. The van der Waals surface area contributed by atoms with Gasteiger partial charge in [-0.05, 0) is 13.0 Å². The Bertz CT molecular complexity index is 500. The number of nitro groups is 1. The molecule has 1 aromatic rings. The fraction of sp³-hybridized carbons (Fsp3) is 0.273. The molecule has 0 spiro atoms. The van der Waals surface area contributed by atoms with Crippen molar-refractivity contribution in [3.63, 3.8) is 0 Å². The lowest BCUT2D eigenvalue weighted by atomic mass is 10.1. The quantitative estimate of drug-likeness (QED) is 0.274. The SMILES string of the molecule is CCOC(=O)CC(=O)c1cc(Br)cc([N+](=O)[O-])c1. The van der Waals surface area contributed by atoms with Gasteiger partial charge in [-0.1, -0.05) is 15.9 Å². The number of hydrogen-bond donors (Lipinski definition) is 0. The van der Waals surface area contributed by atoms with Crippen LogP contribution in [0.5, 0.6) is 0 Å². The molecule has 1 rings (SSSR count). The predicted molar refractivity (Wildman–Crippen MR) is 66.4 cm³/mol. The molecule has 0 radical (unpaired) electrons. The minimum absolute atomic E-state index is 0.101. The van der Waals surface area contributed by atoms with Crippen LogP contribution in [0.4, 0.5) is 5.69 Å². The molecular weight excluding hydrogens is 306 g/mol. The molecule has 0 atom stereocenters. The second-order valence-corrected chi connectivity index (χ2v) is 4.28. The molecule has 0 aliphatic heterocycles. The Balaban J connectivity index is 2.92. The monoisotopic (exact) mass is 315 g/mol. The highest BCUT2D eigenvalue weighted by Crippen LogP contribution is 2.22. The molecule has 0 bridgehead atoms. The highest BCUT2D eigenvalue weighted by Gasteiger charge is 2.17. The van der Waals surface area contributed by atoms with Crippen molar-refractivity contribution in [2.45, 2.75) is 13.3 Å². The zero-order valence-electron chi connectivity index (χ0n) is 9.51. The van der Waals surface area contributed by atoms with E-state index < -0.39 is 23.1 Å². The van der Waals surface area contributed by atoms with Gasteiger partial charge < -0.3 is 4.74 Å². The van der Waals surface area contributed by atoms with Crippen molar-refractivity contribution in [3.05, 3.63) is 38.3 Å². The Morgan fingerprint density at radius 1 is 1.39 bits per heavy atom. The van der Waals surface area contributed by atoms with Crippen molar-refractivity contribution < 1.29 is 19.2 Å². The molecule has 18 heavy (non-hydrogen) atoms. The summed E-state index contributed by atoms with van der Waals surface area (Å²) in [4.78, 5) is 32.9. The number of Topliss-reactive ketones (excluding diaryl/α,β-unsaturated/α-hetero) is 1. The van der Waals surface area contributed by atoms with Gasteiger partial charge in [-0.25, -0.2) is 0 Å². The summed E-state index contributed by atoms with van der Waals surface area (Å²) in [6, 6.07) is 3.84. The lowest BCUT2D eigenvalue weighted by Crippen LogP contribution is -2.11. The van der Waals surface area contributed by atoms with E-state index in [-0.39, 0.29) is 17.9 Å². The molecule has 0 amide bonds. The molecule has 7 heteroatoms. The smallest absolute Gasteiger partial charge is 0.313 e. The number of esters is 1. The first-order valence-corrected chi connectivity index (χ1v) is 5.87. The van der Waals surface area contributed by atoms with Crippen LogP contribution in [-0.4, -0.2) is 23.3 Å². The molecule has 0 fully saturated rings. The van der Waals surface area contributed by atoms with Crippen LogP contribution < -0.4 is 0 Å². The molecule has 0 aliphatic carbocycles. The summed E-state index contributed by atoms with van der Waals surface area (Å²) in [6.07, 6.45) is -0.429. The van der Waals surface area contributed by atoms with Gasteiger partial charge in [0.1, 0.15) is 6.42 Å². The number of carbonyl (C=O) groups is 2. The summed E-state index contributed by atoms with van der Waals surface area (Å²) >= 11 is 3.07. The van der Waals surface area contributed by atoms with Gasteiger partial charge in [-0.2, -0.15) is 0 Å². The zero-order valence-corrected chi connectivity index (χ0v) is 11.1. The Morgan fingerprint density at radius 3 is 2.61 bits per heavy atom. The van der Waals surface area contributed by atoms with Gasteiger partial charge in [0.15, 0.2) is 5.78 Å². The van der Waals surface area contributed by atoms with Crippen molar-refractivity contribution in [2.24, 2.45) is 0 Å². The van der Waals surface area contributed by atoms with Crippen LogP contribution in [0.3, 0.4) is 0 Å². The van der Waals surface area contributed by atoms with Gasteiger partial charge in [-0.3, -0.25) is 19.7 Å². The summed E-state index contributed by atoms with van der Waals surface area (Å²) in [5, 5.41) is 10.6. The summed E-state index contributed by atoms with van der Waals surface area (Å²) < 4.78 is 5.04. The van der Waals surface area contributed by atoms with Crippen molar-refractivity contribution in [1.82, 2.24) is 0 Å². The number of benzene rings is 1. The van der Waals surface area contributed by atoms with E-state index in [0.29, 0.717) is 4.47 Å². The normalized spacial score (nSPS) is 9.89. The minimum Gasteiger partial charge on any atom is -0.466 e. The number of nitro benzene ring substituents is 1. The second-order valence-electron chi connectivity index (χ2n) is 3.36. The molecule has 0 unspecified atom stereocenters. The summed E-state index contributed by atoms with van der Waals surface area (Å²) in [5.74, 6) is -1.16. The number of carbonyl (C=O) groups excluding carboxylic acids is 2. The minimum atomic E-state index is -0.648. The molecule has 96 valence electrons. The van der Waals surface area contributed by atoms with E-state index in [0.717, 1.165) is 6.07 Å². The summed E-state index contributed by atoms with van der Waals surface area (Å²) in [7, 11) is 0. The average Bonchev–Trinajstić information content (AvgIpc) is 2.28.